The number of aromatic nitrogens is 1. The average Bonchev–Trinajstić information content (AvgIpc) is 2.99. The summed E-state index contributed by atoms with van der Waals surface area (Å²) in [5.41, 5.74) is 2.21. The molecule has 1 N–H and O–H groups in total. The highest BCUT2D eigenvalue weighted by Crippen LogP contribution is 2.29. The summed E-state index contributed by atoms with van der Waals surface area (Å²) in [4.78, 5) is 2.19. The molecule has 0 aliphatic carbocycles. The Morgan fingerprint density at radius 2 is 1.79 bits per heavy atom. The van der Waals surface area contributed by atoms with Crippen LogP contribution in [0.25, 0.3) is 10.9 Å². The lowest BCUT2D eigenvalue weighted by Gasteiger charge is -2.24. The fraction of sp³-hybridized carbons (Fsp3) is 0.333. The zero-order valence-electron chi connectivity index (χ0n) is 16.7. The van der Waals surface area contributed by atoms with Gasteiger partial charge in [-0.25, -0.2) is 13.1 Å². The summed E-state index contributed by atoms with van der Waals surface area (Å²) in [6.07, 6.45) is 2.07. The molecule has 1 unspecified atom stereocenters. The van der Waals surface area contributed by atoms with Crippen molar-refractivity contribution in [2.45, 2.75) is 17.9 Å². The standard InChI is InChI=1S/C21H27N3O3S/c1-5-27-20-12-8-9-13-21(20)28(25,26)22-14-19(23(2)3)17-15-24(4)18-11-7-6-10-16(17)18/h6-13,15,19,22H,5,14H2,1-4H3. The quantitative estimate of drug-likeness (QED) is 0.630. The molecule has 1 atom stereocenters. The minimum Gasteiger partial charge on any atom is -0.492 e. The number of benzene rings is 2. The Hall–Kier alpha value is -2.35. The maximum absolute atomic E-state index is 12.9. The van der Waals surface area contributed by atoms with E-state index in [0.717, 1.165) is 16.5 Å². The molecule has 6 nitrogen and oxygen atoms in total. The molecule has 3 aromatic rings. The Kier molecular flexibility index (Phi) is 6.07. The maximum atomic E-state index is 12.9. The van der Waals surface area contributed by atoms with Gasteiger partial charge in [0.2, 0.25) is 10.0 Å². The molecule has 0 bridgehead atoms. The van der Waals surface area contributed by atoms with Crippen LogP contribution in [0.5, 0.6) is 5.75 Å². The average molecular weight is 402 g/mol. The van der Waals surface area contributed by atoms with Gasteiger partial charge in [0.25, 0.3) is 0 Å². The Balaban J connectivity index is 1.90. The van der Waals surface area contributed by atoms with Crippen LogP contribution < -0.4 is 9.46 Å². The Morgan fingerprint density at radius 3 is 2.50 bits per heavy atom. The zero-order chi connectivity index (χ0) is 20.3. The summed E-state index contributed by atoms with van der Waals surface area (Å²) in [5, 5.41) is 1.12. The van der Waals surface area contributed by atoms with Crippen molar-refractivity contribution in [1.82, 2.24) is 14.2 Å². The van der Waals surface area contributed by atoms with E-state index in [-0.39, 0.29) is 17.5 Å². The van der Waals surface area contributed by atoms with Gasteiger partial charge in [0.15, 0.2) is 0 Å². The molecule has 0 spiro atoms. The lowest BCUT2D eigenvalue weighted by molar-refractivity contribution is 0.300. The molecule has 0 fully saturated rings. The highest BCUT2D eigenvalue weighted by Gasteiger charge is 2.24. The number of hydrogen-bond acceptors (Lipinski definition) is 4. The van der Waals surface area contributed by atoms with E-state index in [1.807, 2.05) is 45.1 Å². The van der Waals surface area contributed by atoms with E-state index in [1.54, 1.807) is 24.3 Å². The molecular formula is C21H27N3O3S. The largest absolute Gasteiger partial charge is 0.492 e. The predicted octanol–water partition coefficient (Wildman–Crippen LogP) is 3.16. The second-order valence-electron chi connectivity index (χ2n) is 6.92. The number of likely N-dealkylation sites (N-methyl/N-ethyl adjacent to an activating group) is 1. The number of hydrogen-bond donors (Lipinski definition) is 1. The second kappa shape index (κ2) is 8.34. The van der Waals surface area contributed by atoms with Gasteiger partial charge < -0.3 is 14.2 Å². The maximum Gasteiger partial charge on any atom is 0.244 e. The number of nitrogens with one attached hydrogen (secondary N) is 1. The van der Waals surface area contributed by atoms with Gasteiger partial charge in [-0.2, -0.15) is 0 Å². The van der Waals surface area contributed by atoms with Gasteiger partial charge in [0, 0.05) is 36.7 Å². The first kappa shape index (κ1) is 20.4. The van der Waals surface area contributed by atoms with E-state index in [4.69, 9.17) is 4.74 Å². The van der Waals surface area contributed by atoms with Gasteiger partial charge in [-0.15, -0.1) is 0 Å². The van der Waals surface area contributed by atoms with E-state index in [0.29, 0.717) is 12.4 Å². The molecule has 3 rings (SSSR count). The summed E-state index contributed by atoms with van der Waals surface area (Å²) < 4.78 is 36.2. The molecule has 0 saturated heterocycles. The van der Waals surface area contributed by atoms with Crippen molar-refractivity contribution < 1.29 is 13.2 Å². The van der Waals surface area contributed by atoms with E-state index < -0.39 is 10.0 Å². The third-order valence-corrected chi connectivity index (χ3v) is 6.28. The van der Waals surface area contributed by atoms with Crippen LogP contribution in [-0.2, 0) is 17.1 Å². The molecule has 0 amide bonds. The molecular weight excluding hydrogens is 374 g/mol. The van der Waals surface area contributed by atoms with Crippen LogP contribution in [0.15, 0.2) is 59.6 Å². The van der Waals surface area contributed by atoms with Crippen LogP contribution in [0.2, 0.25) is 0 Å². The van der Waals surface area contributed by atoms with Crippen LogP contribution in [0.1, 0.15) is 18.5 Å². The van der Waals surface area contributed by atoms with Crippen LogP contribution in [0.4, 0.5) is 0 Å². The molecule has 0 aliphatic rings. The molecule has 0 radical (unpaired) electrons. The molecule has 0 saturated carbocycles. The highest BCUT2D eigenvalue weighted by molar-refractivity contribution is 7.89. The van der Waals surface area contributed by atoms with Crippen molar-refractivity contribution in [3.8, 4) is 5.75 Å². The monoisotopic (exact) mass is 401 g/mol. The number of nitrogens with zero attached hydrogens (tertiary/aromatic N) is 2. The summed E-state index contributed by atoms with van der Waals surface area (Å²) in [5.74, 6) is 0.365. The summed E-state index contributed by atoms with van der Waals surface area (Å²) >= 11 is 0. The summed E-state index contributed by atoms with van der Waals surface area (Å²) in [6.45, 7) is 2.49. The molecule has 7 heteroatoms. The minimum atomic E-state index is -3.70. The van der Waals surface area contributed by atoms with Gasteiger partial charge >= 0.3 is 0 Å². The minimum absolute atomic E-state index is 0.111. The molecule has 1 aromatic heterocycles. The van der Waals surface area contributed by atoms with Gasteiger partial charge in [-0.05, 0) is 44.8 Å². The normalized spacial score (nSPS) is 13.2. The van der Waals surface area contributed by atoms with E-state index in [1.165, 1.54) is 0 Å². The molecule has 150 valence electrons. The van der Waals surface area contributed by atoms with Gasteiger partial charge in [-0.3, -0.25) is 0 Å². The van der Waals surface area contributed by atoms with Gasteiger partial charge in [-0.1, -0.05) is 30.3 Å². The smallest absolute Gasteiger partial charge is 0.244 e. The third-order valence-electron chi connectivity index (χ3n) is 4.82. The predicted molar refractivity (Wildman–Crippen MR) is 112 cm³/mol. The Bertz CT molecular complexity index is 1060. The summed E-state index contributed by atoms with van der Waals surface area (Å²) in [6, 6.07) is 14.7. The molecule has 0 aliphatic heterocycles. The molecule has 1 heterocycles. The van der Waals surface area contributed by atoms with Crippen LogP contribution in [0, 0.1) is 0 Å². The first-order chi connectivity index (χ1) is 13.3. The van der Waals surface area contributed by atoms with Crippen molar-refractivity contribution in [3.63, 3.8) is 0 Å². The topological polar surface area (TPSA) is 63.6 Å². The van der Waals surface area contributed by atoms with E-state index in [2.05, 4.69) is 27.6 Å². The van der Waals surface area contributed by atoms with E-state index in [9.17, 15) is 8.42 Å². The van der Waals surface area contributed by atoms with Gasteiger partial charge in [0.1, 0.15) is 10.6 Å². The number of fused-ring (bicyclic) bond motifs is 1. The fourth-order valence-electron chi connectivity index (χ4n) is 3.42. The van der Waals surface area contributed by atoms with Crippen molar-refractivity contribution in [3.05, 3.63) is 60.3 Å². The third kappa shape index (κ3) is 4.06. The SMILES string of the molecule is CCOc1ccccc1S(=O)(=O)NCC(c1cn(C)c2ccccc12)N(C)C. The van der Waals surface area contributed by atoms with Crippen molar-refractivity contribution in [1.29, 1.82) is 0 Å². The van der Waals surface area contributed by atoms with Crippen molar-refractivity contribution in [2.75, 3.05) is 27.2 Å². The second-order valence-corrected chi connectivity index (χ2v) is 8.66. The summed E-state index contributed by atoms with van der Waals surface area (Å²) in [7, 11) is 2.20. The first-order valence-corrected chi connectivity index (χ1v) is 10.8. The van der Waals surface area contributed by atoms with Crippen LogP contribution in [-0.4, -0.2) is 45.1 Å². The highest BCUT2D eigenvalue weighted by atomic mass is 32.2. The Morgan fingerprint density at radius 1 is 1.11 bits per heavy atom. The fourth-order valence-corrected chi connectivity index (χ4v) is 4.60. The van der Waals surface area contributed by atoms with E-state index >= 15 is 0 Å². The first-order valence-electron chi connectivity index (χ1n) is 9.27. The van der Waals surface area contributed by atoms with Crippen molar-refractivity contribution >= 4 is 20.9 Å². The number of ether oxygens (including phenoxy) is 1. The number of sulfonamides is 1. The van der Waals surface area contributed by atoms with Crippen LogP contribution >= 0.6 is 0 Å². The van der Waals surface area contributed by atoms with Gasteiger partial charge in [0.05, 0.1) is 6.61 Å². The number of rotatable bonds is 8. The van der Waals surface area contributed by atoms with Crippen LogP contribution in [0.3, 0.4) is 0 Å². The lowest BCUT2D eigenvalue weighted by Crippen LogP contribution is -2.34. The molecule has 2 aromatic carbocycles. The lowest BCUT2D eigenvalue weighted by atomic mass is 10.1. The van der Waals surface area contributed by atoms with Crippen molar-refractivity contribution in [2.24, 2.45) is 7.05 Å². The Labute approximate surface area is 166 Å². The number of para-hydroxylation sites is 2. The number of aryl methyl sites for hydroxylation is 1. The zero-order valence-corrected chi connectivity index (χ0v) is 17.5. The molecule has 28 heavy (non-hydrogen) atoms.